The normalized spacial score (nSPS) is 10.7. The Bertz CT molecular complexity index is 1200. The highest BCUT2D eigenvalue weighted by molar-refractivity contribution is 7.99. The molecule has 9 nitrogen and oxygen atoms in total. The largest absolute Gasteiger partial charge is 0.462 e. The molecule has 1 amide bonds. The van der Waals surface area contributed by atoms with Crippen molar-refractivity contribution in [3.63, 3.8) is 0 Å². The predicted octanol–water partition coefficient (Wildman–Crippen LogP) is 4.57. The zero-order valence-electron chi connectivity index (χ0n) is 19.7. The zero-order chi connectivity index (χ0) is 25.4. The van der Waals surface area contributed by atoms with Gasteiger partial charge in [0.2, 0.25) is 5.91 Å². The second kappa shape index (κ2) is 12.7. The Morgan fingerprint density at radius 1 is 1.20 bits per heavy atom. The lowest BCUT2D eigenvalue weighted by molar-refractivity contribution is -0.113. The summed E-state index contributed by atoms with van der Waals surface area (Å²) in [5.41, 5.74) is 0.574. The summed E-state index contributed by atoms with van der Waals surface area (Å²) in [6.45, 7) is 9.69. The fourth-order valence-corrected chi connectivity index (χ4v) is 5.75. The van der Waals surface area contributed by atoms with Crippen LogP contribution in [-0.4, -0.2) is 51.6 Å². The number of rotatable bonds is 12. The van der Waals surface area contributed by atoms with Gasteiger partial charge in [-0.25, -0.2) is 9.59 Å². The second-order valence-electron chi connectivity index (χ2n) is 7.09. The number of nitrogens with one attached hydrogen (secondary N) is 1. The van der Waals surface area contributed by atoms with E-state index in [9.17, 15) is 14.4 Å². The van der Waals surface area contributed by atoms with Gasteiger partial charge in [-0.3, -0.25) is 4.79 Å². The Morgan fingerprint density at radius 3 is 2.60 bits per heavy atom. The molecule has 0 saturated heterocycles. The van der Waals surface area contributed by atoms with Crippen molar-refractivity contribution in [2.45, 2.75) is 38.9 Å². The number of thiophene rings is 2. The molecule has 0 bridgehead atoms. The molecular weight excluding hydrogens is 508 g/mol. The zero-order valence-corrected chi connectivity index (χ0v) is 22.1. The van der Waals surface area contributed by atoms with Crippen molar-refractivity contribution in [3.8, 4) is 0 Å². The van der Waals surface area contributed by atoms with Crippen LogP contribution in [0.3, 0.4) is 0 Å². The number of amides is 1. The maximum absolute atomic E-state index is 12.8. The lowest BCUT2D eigenvalue weighted by atomic mass is 10.1. The van der Waals surface area contributed by atoms with E-state index in [-0.39, 0.29) is 40.3 Å². The van der Waals surface area contributed by atoms with Gasteiger partial charge < -0.3 is 19.4 Å². The molecule has 3 heterocycles. The van der Waals surface area contributed by atoms with E-state index in [0.717, 1.165) is 22.0 Å². The summed E-state index contributed by atoms with van der Waals surface area (Å²) >= 11 is 3.86. The molecule has 0 aliphatic heterocycles. The van der Waals surface area contributed by atoms with E-state index in [1.165, 1.54) is 11.8 Å². The van der Waals surface area contributed by atoms with Crippen molar-refractivity contribution in [1.29, 1.82) is 0 Å². The summed E-state index contributed by atoms with van der Waals surface area (Å²) in [7, 11) is 0. The minimum atomic E-state index is -0.608. The standard InChI is InChI=1S/C23H26N4O5S3/c1-5-10-27-16(12-15-9-8-11-33-15)25-26-23(27)34-13-17(28)24-20-18(21(29)31-6-2)14(4)19(35-20)22(30)32-7-3/h5,8-9,11H,1,6-7,10,12-13H2,2-4H3,(H,24,28). The van der Waals surface area contributed by atoms with Crippen LogP contribution in [0.25, 0.3) is 0 Å². The van der Waals surface area contributed by atoms with Gasteiger partial charge in [-0.15, -0.1) is 39.4 Å². The summed E-state index contributed by atoms with van der Waals surface area (Å²) in [4.78, 5) is 39.1. The third-order valence-corrected chi connectivity index (χ3v) is 7.72. The van der Waals surface area contributed by atoms with E-state index in [4.69, 9.17) is 9.47 Å². The molecular formula is C23H26N4O5S3. The molecule has 0 fully saturated rings. The van der Waals surface area contributed by atoms with Gasteiger partial charge >= 0.3 is 11.9 Å². The summed E-state index contributed by atoms with van der Waals surface area (Å²) < 4.78 is 12.1. The minimum Gasteiger partial charge on any atom is -0.462 e. The van der Waals surface area contributed by atoms with Gasteiger partial charge in [0, 0.05) is 17.8 Å². The van der Waals surface area contributed by atoms with E-state index in [1.54, 1.807) is 38.2 Å². The Hall–Kier alpha value is -2.96. The fourth-order valence-electron chi connectivity index (χ4n) is 3.17. The van der Waals surface area contributed by atoms with E-state index >= 15 is 0 Å². The molecule has 35 heavy (non-hydrogen) atoms. The van der Waals surface area contributed by atoms with Crippen LogP contribution in [0.2, 0.25) is 0 Å². The average Bonchev–Trinajstić information content (AvgIpc) is 3.54. The summed E-state index contributed by atoms with van der Waals surface area (Å²) in [5, 5.41) is 14.1. The van der Waals surface area contributed by atoms with Crippen LogP contribution >= 0.6 is 34.4 Å². The minimum absolute atomic E-state index is 0.0300. The predicted molar refractivity (Wildman–Crippen MR) is 138 cm³/mol. The third kappa shape index (κ3) is 6.59. The third-order valence-electron chi connectivity index (χ3n) is 4.69. The van der Waals surface area contributed by atoms with E-state index < -0.39 is 11.9 Å². The lowest BCUT2D eigenvalue weighted by Crippen LogP contribution is -2.17. The summed E-state index contributed by atoms with van der Waals surface area (Å²) in [6, 6.07) is 4.02. The first kappa shape index (κ1) is 26.6. The van der Waals surface area contributed by atoms with Crippen LogP contribution in [0, 0.1) is 6.92 Å². The maximum Gasteiger partial charge on any atom is 0.348 e. The number of anilines is 1. The molecule has 0 aliphatic rings. The Kier molecular flexibility index (Phi) is 9.64. The van der Waals surface area contributed by atoms with Crippen molar-refractivity contribution in [2.24, 2.45) is 0 Å². The molecule has 0 aromatic carbocycles. The molecule has 3 rings (SSSR count). The molecule has 1 N–H and O–H groups in total. The van der Waals surface area contributed by atoms with Crippen molar-refractivity contribution < 1.29 is 23.9 Å². The van der Waals surface area contributed by atoms with Gasteiger partial charge in [-0.05, 0) is 37.8 Å². The first-order valence-electron chi connectivity index (χ1n) is 10.8. The Morgan fingerprint density at radius 2 is 1.94 bits per heavy atom. The Labute approximate surface area is 215 Å². The number of carbonyl (C=O) groups excluding carboxylic acids is 3. The number of esters is 2. The Balaban J connectivity index is 1.75. The lowest BCUT2D eigenvalue weighted by Gasteiger charge is -2.08. The van der Waals surface area contributed by atoms with Gasteiger partial charge in [0.15, 0.2) is 5.16 Å². The van der Waals surface area contributed by atoms with Crippen LogP contribution in [0.4, 0.5) is 5.00 Å². The molecule has 0 saturated carbocycles. The smallest absolute Gasteiger partial charge is 0.348 e. The van der Waals surface area contributed by atoms with Crippen molar-refractivity contribution >= 4 is 57.3 Å². The van der Waals surface area contributed by atoms with Crippen LogP contribution in [0.15, 0.2) is 35.3 Å². The number of nitrogens with zero attached hydrogens (tertiary/aromatic N) is 3. The number of aromatic nitrogens is 3. The van der Waals surface area contributed by atoms with Crippen LogP contribution in [0.1, 0.15) is 50.1 Å². The monoisotopic (exact) mass is 534 g/mol. The van der Waals surface area contributed by atoms with Gasteiger partial charge in [-0.2, -0.15) is 0 Å². The van der Waals surface area contributed by atoms with Crippen LogP contribution in [0.5, 0.6) is 0 Å². The average molecular weight is 535 g/mol. The maximum atomic E-state index is 12.8. The van der Waals surface area contributed by atoms with Gasteiger partial charge in [0.1, 0.15) is 15.7 Å². The SMILES string of the molecule is C=CCn1c(Cc2cccs2)nnc1SCC(=O)Nc1sc(C(=O)OCC)c(C)c1C(=O)OCC. The molecule has 0 spiro atoms. The van der Waals surface area contributed by atoms with Crippen molar-refractivity contribution in [3.05, 3.63) is 56.9 Å². The quantitative estimate of drug-likeness (QED) is 0.204. The number of hydrogen-bond donors (Lipinski definition) is 1. The first-order chi connectivity index (χ1) is 16.9. The highest BCUT2D eigenvalue weighted by atomic mass is 32.2. The highest BCUT2D eigenvalue weighted by Crippen LogP contribution is 2.34. The van der Waals surface area contributed by atoms with Crippen molar-refractivity contribution in [1.82, 2.24) is 14.8 Å². The van der Waals surface area contributed by atoms with E-state index in [2.05, 4.69) is 22.1 Å². The molecule has 0 unspecified atom stereocenters. The summed E-state index contributed by atoms with van der Waals surface area (Å²) in [5.74, 6) is -0.699. The molecule has 0 atom stereocenters. The topological polar surface area (TPSA) is 112 Å². The second-order valence-corrected chi connectivity index (χ2v) is 10.1. The van der Waals surface area contributed by atoms with Gasteiger partial charge in [0.25, 0.3) is 0 Å². The molecule has 3 aromatic rings. The van der Waals surface area contributed by atoms with Gasteiger partial charge in [-0.1, -0.05) is 23.9 Å². The molecule has 12 heteroatoms. The summed E-state index contributed by atoms with van der Waals surface area (Å²) in [6.07, 6.45) is 2.39. The number of allylic oxidation sites excluding steroid dienone is 1. The van der Waals surface area contributed by atoms with E-state index in [0.29, 0.717) is 23.7 Å². The van der Waals surface area contributed by atoms with Crippen LogP contribution < -0.4 is 5.32 Å². The molecule has 0 aliphatic carbocycles. The van der Waals surface area contributed by atoms with Gasteiger partial charge in [0.05, 0.1) is 24.5 Å². The first-order valence-corrected chi connectivity index (χ1v) is 13.5. The number of thioether (sulfide) groups is 1. The number of carbonyl (C=O) groups is 3. The number of hydrogen-bond acceptors (Lipinski definition) is 10. The van der Waals surface area contributed by atoms with Crippen LogP contribution in [-0.2, 0) is 27.2 Å². The van der Waals surface area contributed by atoms with Crippen molar-refractivity contribution in [2.75, 3.05) is 24.3 Å². The fraction of sp³-hybridized carbons (Fsp3) is 0.348. The highest BCUT2D eigenvalue weighted by Gasteiger charge is 2.27. The van der Waals surface area contributed by atoms with E-state index in [1.807, 2.05) is 22.1 Å². The molecule has 0 radical (unpaired) electrons. The number of ether oxygens (including phenoxy) is 2. The molecule has 3 aromatic heterocycles. The molecule has 186 valence electrons.